The quantitative estimate of drug-likeness (QED) is 0.654. The Balaban J connectivity index is 3.79. The van der Waals surface area contributed by atoms with Crippen molar-refractivity contribution in [3.05, 3.63) is 0 Å². The molecule has 0 aromatic rings. The van der Waals surface area contributed by atoms with E-state index in [1.807, 2.05) is 0 Å². The molecule has 0 aromatic carbocycles. The van der Waals surface area contributed by atoms with E-state index < -0.39 is 0 Å². The topological polar surface area (TPSA) is 18.5 Å². The summed E-state index contributed by atoms with van der Waals surface area (Å²) < 4.78 is 0. The highest BCUT2D eigenvalue weighted by Gasteiger charge is 2.16. The van der Waals surface area contributed by atoms with E-state index in [2.05, 4.69) is 57.0 Å². The van der Waals surface area contributed by atoms with Gasteiger partial charge in [-0.15, -0.1) is 0 Å². The third-order valence-electron chi connectivity index (χ3n) is 3.14. The summed E-state index contributed by atoms with van der Waals surface area (Å²) in [5, 5.41) is 3.41. The average Bonchev–Trinajstić information content (AvgIpc) is 2.21. The molecule has 0 aliphatic heterocycles. The van der Waals surface area contributed by atoms with E-state index in [0.717, 1.165) is 26.2 Å². The second-order valence-corrected chi connectivity index (χ2v) is 4.81. The Kier molecular flexibility index (Phi) is 8.02. The molecule has 92 valence electrons. The largest absolute Gasteiger partial charge is 0.317 e. The van der Waals surface area contributed by atoms with Gasteiger partial charge in [0, 0.05) is 19.1 Å². The van der Waals surface area contributed by atoms with Crippen molar-refractivity contribution in [2.45, 2.75) is 26.8 Å². The molecule has 0 saturated carbocycles. The van der Waals surface area contributed by atoms with E-state index in [0.29, 0.717) is 12.0 Å². The first-order valence-corrected chi connectivity index (χ1v) is 6.04. The second-order valence-electron chi connectivity index (χ2n) is 4.81. The maximum atomic E-state index is 3.41. The molecule has 3 nitrogen and oxygen atoms in total. The predicted molar refractivity (Wildman–Crippen MR) is 68.4 cm³/mol. The minimum Gasteiger partial charge on any atom is -0.317 e. The summed E-state index contributed by atoms with van der Waals surface area (Å²) in [5.41, 5.74) is 0. The van der Waals surface area contributed by atoms with E-state index in [1.54, 1.807) is 0 Å². The van der Waals surface area contributed by atoms with Crippen molar-refractivity contribution in [2.24, 2.45) is 5.92 Å². The van der Waals surface area contributed by atoms with Crippen LogP contribution in [0.2, 0.25) is 0 Å². The monoisotopic (exact) mass is 215 g/mol. The lowest BCUT2D eigenvalue weighted by molar-refractivity contribution is 0.181. The first-order valence-electron chi connectivity index (χ1n) is 6.04. The highest BCUT2D eigenvalue weighted by molar-refractivity contribution is 4.72. The first kappa shape index (κ1) is 14.9. The Morgan fingerprint density at radius 1 is 1.07 bits per heavy atom. The molecule has 0 fully saturated rings. The van der Waals surface area contributed by atoms with Gasteiger partial charge in [0.1, 0.15) is 0 Å². The molecule has 2 atom stereocenters. The standard InChI is InChI=1S/C12H29N3/c1-7-13-10-11(2)12(3)15(6)9-8-14(4)5/h11-13H,7-10H2,1-6H3. The molecule has 0 heterocycles. The van der Waals surface area contributed by atoms with Gasteiger partial charge in [-0.1, -0.05) is 13.8 Å². The minimum absolute atomic E-state index is 0.643. The first-order chi connectivity index (χ1) is 6.99. The number of hydrogen-bond donors (Lipinski definition) is 1. The van der Waals surface area contributed by atoms with Crippen LogP contribution in [0, 0.1) is 5.92 Å². The molecule has 0 rings (SSSR count). The molecular formula is C12H29N3. The van der Waals surface area contributed by atoms with Crippen LogP contribution in [0.25, 0.3) is 0 Å². The highest BCUT2D eigenvalue weighted by atomic mass is 15.2. The molecule has 1 N–H and O–H groups in total. The molecule has 0 aliphatic rings. The van der Waals surface area contributed by atoms with Crippen molar-refractivity contribution < 1.29 is 0 Å². The fourth-order valence-corrected chi connectivity index (χ4v) is 1.54. The van der Waals surface area contributed by atoms with Crippen LogP contribution in [0.15, 0.2) is 0 Å². The van der Waals surface area contributed by atoms with Crippen molar-refractivity contribution in [3.8, 4) is 0 Å². The normalized spacial score (nSPS) is 16.0. The fourth-order valence-electron chi connectivity index (χ4n) is 1.54. The van der Waals surface area contributed by atoms with Crippen molar-refractivity contribution >= 4 is 0 Å². The smallest absolute Gasteiger partial charge is 0.0109 e. The zero-order valence-corrected chi connectivity index (χ0v) is 11.4. The molecule has 2 unspecified atom stereocenters. The third kappa shape index (κ3) is 6.88. The molecule has 3 heteroatoms. The molecule has 15 heavy (non-hydrogen) atoms. The molecule has 0 amide bonds. The van der Waals surface area contributed by atoms with Gasteiger partial charge in [-0.05, 0) is 47.1 Å². The van der Waals surface area contributed by atoms with Crippen molar-refractivity contribution in [1.82, 2.24) is 15.1 Å². The van der Waals surface area contributed by atoms with Crippen LogP contribution in [0.5, 0.6) is 0 Å². The maximum absolute atomic E-state index is 3.41. The van der Waals surface area contributed by atoms with Gasteiger partial charge in [0.15, 0.2) is 0 Å². The predicted octanol–water partition coefficient (Wildman–Crippen LogP) is 1.11. The van der Waals surface area contributed by atoms with Crippen LogP contribution in [0.4, 0.5) is 0 Å². The van der Waals surface area contributed by atoms with Gasteiger partial charge >= 0.3 is 0 Å². The summed E-state index contributed by atoms with van der Waals surface area (Å²) >= 11 is 0. The highest BCUT2D eigenvalue weighted by Crippen LogP contribution is 2.07. The molecular weight excluding hydrogens is 186 g/mol. The van der Waals surface area contributed by atoms with E-state index in [4.69, 9.17) is 0 Å². The summed E-state index contributed by atoms with van der Waals surface area (Å²) in [6.07, 6.45) is 0. The molecule has 0 saturated heterocycles. The number of nitrogens with zero attached hydrogens (tertiary/aromatic N) is 2. The summed E-state index contributed by atoms with van der Waals surface area (Å²) in [7, 11) is 6.47. The van der Waals surface area contributed by atoms with E-state index >= 15 is 0 Å². The van der Waals surface area contributed by atoms with Gasteiger partial charge in [-0.2, -0.15) is 0 Å². The lowest BCUT2D eigenvalue weighted by Gasteiger charge is -2.30. The van der Waals surface area contributed by atoms with Crippen molar-refractivity contribution in [3.63, 3.8) is 0 Å². The Bertz CT molecular complexity index is 148. The lowest BCUT2D eigenvalue weighted by atomic mass is 10.0. The van der Waals surface area contributed by atoms with E-state index in [9.17, 15) is 0 Å². The fraction of sp³-hybridized carbons (Fsp3) is 1.00. The van der Waals surface area contributed by atoms with Crippen molar-refractivity contribution in [2.75, 3.05) is 47.3 Å². The Morgan fingerprint density at radius 2 is 1.67 bits per heavy atom. The summed E-state index contributed by atoms with van der Waals surface area (Å²) in [6, 6.07) is 0.643. The SMILES string of the molecule is CCNCC(C)C(C)N(C)CCN(C)C. The van der Waals surface area contributed by atoms with Crippen LogP contribution in [-0.2, 0) is 0 Å². The van der Waals surface area contributed by atoms with Crippen LogP contribution >= 0.6 is 0 Å². The molecule has 0 aliphatic carbocycles. The van der Waals surface area contributed by atoms with Gasteiger partial charge in [0.2, 0.25) is 0 Å². The third-order valence-corrected chi connectivity index (χ3v) is 3.14. The number of hydrogen-bond acceptors (Lipinski definition) is 3. The molecule has 0 aromatic heterocycles. The number of rotatable bonds is 8. The summed E-state index contributed by atoms with van der Waals surface area (Å²) in [5.74, 6) is 0.706. The Morgan fingerprint density at radius 3 is 2.13 bits per heavy atom. The van der Waals surface area contributed by atoms with Gasteiger partial charge in [-0.3, -0.25) is 0 Å². The summed E-state index contributed by atoms with van der Waals surface area (Å²) in [4.78, 5) is 4.68. The van der Waals surface area contributed by atoms with Crippen LogP contribution in [0.1, 0.15) is 20.8 Å². The lowest BCUT2D eigenvalue weighted by Crippen LogP contribution is -2.41. The van der Waals surface area contributed by atoms with E-state index in [-0.39, 0.29) is 0 Å². The van der Waals surface area contributed by atoms with Gasteiger partial charge < -0.3 is 15.1 Å². The molecule has 0 bridgehead atoms. The number of nitrogens with one attached hydrogen (secondary N) is 1. The maximum Gasteiger partial charge on any atom is 0.0109 e. The zero-order chi connectivity index (χ0) is 11.8. The number of likely N-dealkylation sites (N-methyl/N-ethyl adjacent to an activating group) is 2. The summed E-state index contributed by atoms with van der Waals surface area (Å²) in [6.45, 7) is 11.3. The minimum atomic E-state index is 0.643. The van der Waals surface area contributed by atoms with Crippen molar-refractivity contribution in [1.29, 1.82) is 0 Å². The van der Waals surface area contributed by atoms with Crippen LogP contribution in [0.3, 0.4) is 0 Å². The Labute approximate surface area is 95.8 Å². The van der Waals surface area contributed by atoms with Gasteiger partial charge in [-0.25, -0.2) is 0 Å². The van der Waals surface area contributed by atoms with E-state index in [1.165, 1.54) is 0 Å². The Hall–Kier alpha value is -0.120. The van der Waals surface area contributed by atoms with Gasteiger partial charge in [0.25, 0.3) is 0 Å². The van der Waals surface area contributed by atoms with Crippen LogP contribution < -0.4 is 5.32 Å². The average molecular weight is 215 g/mol. The molecule has 0 spiro atoms. The zero-order valence-electron chi connectivity index (χ0n) is 11.4. The molecule has 0 radical (unpaired) electrons. The second kappa shape index (κ2) is 8.08. The van der Waals surface area contributed by atoms with Gasteiger partial charge in [0.05, 0.1) is 0 Å². The van der Waals surface area contributed by atoms with Crippen LogP contribution in [-0.4, -0.2) is 63.2 Å².